The van der Waals surface area contributed by atoms with Gasteiger partial charge in [0, 0.05) is 32.6 Å². The van der Waals surface area contributed by atoms with Gasteiger partial charge in [-0.3, -0.25) is 14.5 Å². The van der Waals surface area contributed by atoms with Crippen molar-refractivity contribution in [3.63, 3.8) is 0 Å². The van der Waals surface area contributed by atoms with Crippen molar-refractivity contribution in [2.45, 2.75) is 169 Å². The number of ether oxygens (including phenoxy) is 1. The Morgan fingerprint density at radius 1 is 0.442 bits per heavy atom. The molecule has 0 aromatic heterocycles. The van der Waals surface area contributed by atoms with Gasteiger partial charge in [0.15, 0.2) is 0 Å². The van der Waals surface area contributed by atoms with E-state index < -0.39 is 0 Å². The highest BCUT2D eigenvalue weighted by atomic mass is 16.5. The molecule has 0 heterocycles. The van der Waals surface area contributed by atoms with Crippen molar-refractivity contribution >= 4 is 11.9 Å². The topological polar surface area (TPSA) is 53.1 Å². The Morgan fingerprint density at radius 3 is 1.28 bits per heavy atom. The molecular formula is C37H75N3O3. The van der Waals surface area contributed by atoms with E-state index in [0.29, 0.717) is 18.9 Å². The molecule has 256 valence electrons. The van der Waals surface area contributed by atoms with Crippen LogP contribution in [0.25, 0.3) is 0 Å². The summed E-state index contributed by atoms with van der Waals surface area (Å²) in [7, 11) is 1.46. The molecule has 0 saturated carbocycles. The quantitative estimate of drug-likeness (QED) is 0.0548. The lowest BCUT2D eigenvalue weighted by molar-refractivity contribution is -0.140. The van der Waals surface area contributed by atoms with E-state index in [4.69, 9.17) is 4.74 Å². The smallest absolute Gasteiger partial charge is 0.305 e. The van der Waals surface area contributed by atoms with E-state index in [1.165, 1.54) is 110 Å². The number of unbranched alkanes of at least 4 members (excludes halogenated alkanes) is 16. The predicted molar refractivity (Wildman–Crippen MR) is 186 cm³/mol. The largest absolute Gasteiger partial charge is 0.469 e. The lowest BCUT2D eigenvalue weighted by Crippen LogP contribution is -2.44. The van der Waals surface area contributed by atoms with Gasteiger partial charge in [-0.05, 0) is 58.2 Å². The lowest BCUT2D eigenvalue weighted by Gasteiger charge is -2.30. The van der Waals surface area contributed by atoms with E-state index in [9.17, 15) is 9.59 Å². The molecule has 0 aromatic rings. The van der Waals surface area contributed by atoms with Crippen LogP contribution < -0.4 is 0 Å². The van der Waals surface area contributed by atoms with E-state index in [2.05, 4.69) is 42.4 Å². The summed E-state index contributed by atoms with van der Waals surface area (Å²) in [4.78, 5) is 31.9. The lowest BCUT2D eigenvalue weighted by atomic mass is 10.1. The minimum Gasteiger partial charge on any atom is -0.469 e. The summed E-state index contributed by atoms with van der Waals surface area (Å²) in [6, 6.07) is 0. The van der Waals surface area contributed by atoms with Crippen LogP contribution in [-0.2, 0) is 14.3 Å². The molecule has 0 fully saturated rings. The van der Waals surface area contributed by atoms with Gasteiger partial charge in [0.25, 0.3) is 0 Å². The summed E-state index contributed by atoms with van der Waals surface area (Å²) in [5.41, 5.74) is 0. The van der Waals surface area contributed by atoms with Crippen molar-refractivity contribution in [2.75, 3.05) is 59.5 Å². The maximum Gasteiger partial charge on any atom is 0.305 e. The van der Waals surface area contributed by atoms with Gasteiger partial charge >= 0.3 is 5.97 Å². The number of esters is 1. The fourth-order valence-corrected chi connectivity index (χ4v) is 5.90. The van der Waals surface area contributed by atoms with Crippen molar-refractivity contribution in [3.05, 3.63) is 0 Å². The minimum atomic E-state index is -0.106. The van der Waals surface area contributed by atoms with Crippen LogP contribution in [0.4, 0.5) is 0 Å². The third-order valence-electron chi connectivity index (χ3n) is 8.67. The van der Waals surface area contributed by atoms with Crippen LogP contribution in [0.15, 0.2) is 0 Å². The van der Waals surface area contributed by atoms with Crippen LogP contribution in [0.1, 0.15) is 169 Å². The second-order valence-corrected chi connectivity index (χ2v) is 12.8. The van der Waals surface area contributed by atoms with E-state index >= 15 is 0 Å². The number of nitrogens with zero attached hydrogens (tertiary/aromatic N) is 3. The van der Waals surface area contributed by atoms with E-state index in [0.717, 1.165) is 77.7 Å². The van der Waals surface area contributed by atoms with Crippen LogP contribution in [0.5, 0.6) is 0 Å². The standard InChI is InChI=1S/C37H75N3O3/c1-6-10-12-14-16-20-24-30-38(31-25-21-17-15-13-11-7-2)33-34-39(35-36(41)40(28-8-3)29-9-4)32-26-22-18-19-23-27-37(42)43-5/h6-35H2,1-5H3. The number of hydrogen-bond acceptors (Lipinski definition) is 5. The van der Waals surface area contributed by atoms with Crippen molar-refractivity contribution in [1.29, 1.82) is 0 Å². The molecule has 0 N–H and O–H groups in total. The number of rotatable bonds is 33. The monoisotopic (exact) mass is 610 g/mol. The summed E-state index contributed by atoms with van der Waals surface area (Å²) in [5, 5.41) is 0. The molecular weight excluding hydrogens is 534 g/mol. The molecule has 0 aliphatic heterocycles. The van der Waals surface area contributed by atoms with Gasteiger partial charge in [-0.1, -0.05) is 124 Å². The summed E-state index contributed by atoms with van der Waals surface area (Å²) >= 11 is 0. The molecule has 0 aliphatic carbocycles. The molecule has 0 aromatic carbocycles. The number of amides is 1. The average Bonchev–Trinajstić information content (AvgIpc) is 3.01. The first-order chi connectivity index (χ1) is 21.0. The summed E-state index contributed by atoms with van der Waals surface area (Å²) in [6.45, 7) is 16.6. The highest BCUT2D eigenvalue weighted by Crippen LogP contribution is 2.12. The van der Waals surface area contributed by atoms with E-state index in [1.54, 1.807) is 0 Å². The van der Waals surface area contributed by atoms with Crippen LogP contribution in [0, 0.1) is 0 Å². The summed E-state index contributed by atoms with van der Waals surface area (Å²) in [5.74, 6) is 0.193. The Balaban J connectivity index is 4.96. The highest BCUT2D eigenvalue weighted by Gasteiger charge is 2.17. The van der Waals surface area contributed by atoms with Gasteiger partial charge in [0.2, 0.25) is 5.91 Å². The molecule has 0 atom stereocenters. The van der Waals surface area contributed by atoms with Gasteiger partial charge in [-0.25, -0.2) is 0 Å². The normalized spacial score (nSPS) is 11.5. The number of hydrogen-bond donors (Lipinski definition) is 0. The Labute approximate surface area is 269 Å². The first kappa shape index (κ1) is 41.9. The minimum absolute atomic E-state index is 0.106. The van der Waals surface area contributed by atoms with Crippen molar-refractivity contribution < 1.29 is 14.3 Å². The van der Waals surface area contributed by atoms with Crippen LogP contribution in [0.2, 0.25) is 0 Å². The molecule has 1 amide bonds. The first-order valence-corrected chi connectivity index (χ1v) is 18.8. The molecule has 0 aliphatic rings. The zero-order chi connectivity index (χ0) is 31.8. The summed E-state index contributed by atoms with van der Waals surface area (Å²) in [6.07, 6.45) is 26.9. The van der Waals surface area contributed by atoms with E-state index in [-0.39, 0.29) is 5.97 Å². The number of methoxy groups -OCH3 is 1. The highest BCUT2D eigenvalue weighted by molar-refractivity contribution is 5.78. The van der Waals surface area contributed by atoms with Crippen molar-refractivity contribution in [3.8, 4) is 0 Å². The van der Waals surface area contributed by atoms with Gasteiger partial charge < -0.3 is 14.5 Å². The molecule has 0 unspecified atom stereocenters. The fraction of sp³-hybridized carbons (Fsp3) is 0.946. The number of carbonyl (C=O) groups excluding carboxylic acids is 2. The molecule has 0 bridgehead atoms. The Hall–Kier alpha value is -1.14. The Kier molecular flexibility index (Phi) is 31.4. The molecule has 0 saturated heterocycles. The van der Waals surface area contributed by atoms with E-state index in [1.807, 2.05) is 0 Å². The molecule has 6 heteroatoms. The Bertz CT molecular complexity index is 592. The van der Waals surface area contributed by atoms with Crippen molar-refractivity contribution in [1.82, 2.24) is 14.7 Å². The van der Waals surface area contributed by atoms with Gasteiger partial charge in [-0.2, -0.15) is 0 Å². The molecule has 6 nitrogen and oxygen atoms in total. The maximum atomic E-state index is 13.3. The van der Waals surface area contributed by atoms with Gasteiger partial charge in [0.1, 0.15) is 0 Å². The van der Waals surface area contributed by atoms with Crippen LogP contribution >= 0.6 is 0 Å². The predicted octanol–water partition coefficient (Wildman–Crippen LogP) is 9.25. The third-order valence-corrected chi connectivity index (χ3v) is 8.67. The molecule has 0 spiro atoms. The molecule has 0 radical (unpaired) electrons. The third kappa shape index (κ3) is 26.9. The first-order valence-electron chi connectivity index (χ1n) is 18.8. The number of carbonyl (C=O) groups is 2. The van der Waals surface area contributed by atoms with Crippen LogP contribution in [0.3, 0.4) is 0 Å². The van der Waals surface area contributed by atoms with Gasteiger partial charge in [-0.15, -0.1) is 0 Å². The fourth-order valence-electron chi connectivity index (χ4n) is 5.90. The molecule has 0 rings (SSSR count). The average molecular weight is 610 g/mol. The second kappa shape index (κ2) is 32.3. The van der Waals surface area contributed by atoms with Crippen molar-refractivity contribution in [2.24, 2.45) is 0 Å². The zero-order valence-electron chi connectivity index (χ0n) is 29.8. The Morgan fingerprint density at radius 2 is 0.837 bits per heavy atom. The van der Waals surface area contributed by atoms with Gasteiger partial charge in [0.05, 0.1) is 13.7 Å². The zero-order valence-corrected chi connectivity index (χ0v) is 29.8. The SMILES string of the molecule is CCCCCCCCCN(CCCCCCCCC)CCN(CCCCCCCC(=O)OC)CC(=O)N(CCC)CCC. The molecule has 43 heavy (non-hydrogen) atoms. The second-order valence-electron chi connectivity index (χ2n) is 12.8. The summed E-state index contributed by atoms with van der Waals surface area (Å²) < 4.78 is 4.76. The van der Waals surface area contributed by atoms with Crippen LogP contribution in [-0.4, -0.2) is 86.0 Å². The maximum absolute atomic E-state index is 13.3.